The fraction of sp³-hybridized carbons (Fsp3) is 0.560. The normalized spacial score (nSPS) is 32.8. The number of carbonyl (C=O) groups is 2. The lowest BCUT2D eigenvalue weighted by molar-refractivity contribution is -0.165. The van der Waals surface area contributed by atoms with Crippen LogP contribution in [0.25, 0.3) is 0 Å². The molecule has 35 heavy (non-hydrogen) atoms. The van der Waals surface area contributed by atoms with E-state index in [1.165, 1.54) is 0 Å². The van der Waals surface area contributed by atoms with Crippen molar-refractivity contribution in [2.24, 2.45) is 0 Å². The van der Waals surface area contributed by atoms with Gasteiger partial charge in [0.25, 0.3) is 11.8 Å². The predicted molar refractivity (Wildman–Crippen MR) is 126 cm³/mol. The number of likely N-dealkylation sites (tertiary alicyclic amines) is 1. The SMILES string of the molecule is CCO[C@H]1CCN(C(=O)c2cnn(C34CC(NC(=O)[C@H]5C[C@@H](O)c6cc(Cl)ccc6O5)(C3)C4)c2)C1. The minimum absolute atomic E-state index is 0.0114. The average molecular weight is 501 g/mol. The third-order valence-corrected chi connectivity index (χ3v) is 8.11. The number of fused-ring (bicyclic) bond motifs is 1. The Kier molecular flexibility index (Phi) is 5.36. The molecule has 1 aromatic heterocycles. The standard InChI is InChI=1S/C25H29ClN4O5/c1-2-34-17-5-6-29(11-17)23(33)15-9-27-30(10-15)25-12-24(13-25,14-25)28-22(32)21-8-19(31)18-7-16(26)3-4-20(18)35-21/h3-4,7,9-10,17,19,21,31H,2,5-6,8,11-14H2,1H3,(H,28,32)/t17-,19+,21+,24?,25?/m0/s1. The summed E-state index contributed by atoms with van der Waals surface area (Å²) in [5.74, 6) is 0.261. The number of aliphatic hydroxyl groups excluding tert-OH is 1. The molecule has 2 aromatic rings. The molecule has 2 bridgehead atoms. The van der Waals surface area contributed by atoms with Crippen molar-refractivity contribution in [2.75, 3.05) is 19.7 Å². The molecule has 1 aromatic carbocycles. The fourth-order valence-electron chi connectivity index (χ4n) is 6.19. The van der Waals surface area contributed by atoms with Crippen LogP contribution < -0.4 is 10.1 Å². The van der Waals surface area contributed by atoms with Crippen LogP contribution >= 0.6 is 11.6 Å². The molecule has 3 aliphatic carbocycles. The van der Waals surface area contributed by atoms with Crippen LogP contribution in [0, 0.1) is 0 Å². The molecule has 1 saturated heterocycles. The van der Waals surface area contributed by atoms with Gasteiger partial charge in [0.15, 0.2) is 6.10 Å². The van der Waals surface area contributed by atoms with Crippen LogP contribution in [0.4, 0.5) is 0 Å². The number of hydrogen-bond donors (Lipinski definition) is 2. The van der Waals surface area contributed by atoms with Gasteiger partial charge in [-0.05, 0) is 50.8 Å². The first-order chi connectivity index (χ1) is 16.8. The molecule has 2 aliphatic heterocycles. The molecule has 186 valence electrons. The van der Waals surface area contributed by atoms with Crippen molar-refractivity contribution in [2.45, 2.75) is 68.4 Å². The highest BCUT2D eigenvalue weighted by atomic mass is 35.5. The molecule has 3 atom stereocenters. The Balaban J connectivity index is 1.05. The minimum atomic E-state index is -0.799. The molecular weight excluding hydrogens is 472 g/mol. The lowest BCUT2D eigenvalue weighted by atomic mass is 9.44. The number of ether oxygens (including phenoxy) is 2. The molecule has 10 heteroatoms. The number of nitrogens with zero attached hydrogens (tertiary/aromatic N) is 3. The summed E-state index contributed by atoms with van der Waals surface area (Å²) in [6, 6.07) is 5.04. The zero-order chi connectivity index (χ0) is 24.4. The van der Waals surface area contributed by atoms with Crippen molar-refractivity contribution in [3.8, 4) is 5.75 Å². The van der Waals surface area contributed by atoms with Gasteiger partial charge in [-0.2, -0.15) is 5.10 Å². The summed E-state index contributed by atoms with van der Waals surface area (Å²) < 4.78 is 13.4. The smallest absolute Gasteiger partial charge is 0.261 e. The Morgan fingerprint density at radius 3 is 2.91 bits per heavy atom. The van der Waals surface area contributed by atoms with Crippen LogP contribution in [0.15, 0.2) is 30.6 Å². The number of amides is 2. The summed E-state index contributed by atoms with van der Waals surface area (Å²) in [7, 11) is 0. The maximum absolute atomic E-state index is 13.0. The Morgan fingerprint density at radius 2 is 2.14 bits per heavy atom. The van der Waals surface area contributed by atoms with Gasteiger partial charge in [0.05, 0.1) is 29.5 Å². The monoisotopic (exact) mass is 500 g/mol. The first-order valence-electron chi connectivity index (χ1n) is 12.2. The van der Waals surface area contributed by atoms with E-state index in [9.17, 15) is 14.7 Å². The van der Waals surface area contributed by atoms with E-state index < -0.39 is 12.2 Å². The van der Waals surface area contributed by atoms with Crippen molar-refractivity contribution in [1.29, 1.82) is 0 Å². The van der Waals surface area contributed by atoms with Crippen LogP contribution in [0.5, 0.6) is 5.75 Å². The molecule has 9 nitrogen and oxygen atoms in total. The minimum Gasteiger partial charge on any atom is -0.480 e. The highest BCUT2D eigenvalue weighted by Gasteiger charge is 2.70. The van der Waals surface area contributed by atoms with Gasteiger partial charge in [0, 0.05) is 48.4 Å². The number of halogens is 1. The van der Waals surface area contributed by atoms with E-state index in [1.54, 1.807) is 24.4 Å². The molecular formula is C25H29ClN4O5. The molecule has 0 unspecified atom stereocenters. The first kappa shape index (κ1) is 22.8. The summed E-state index contributed by atoms with van der Waals surface area (Å²) in [5.41, 5.74) is 0.772. The van der Waals surface area contributed by atoms with E-state index in [0.717, 1.165) is 25.7 Å². The highest BCUT2D eigenvalue weighted by molar-refractivity contribution is 6.30. The maximum Gasteiger partial charge on any atom is 0.261 e. The van der Waals surface area contributed by atoms with E-state index in [1.807, 2.05) is 22.7 Å². The second kappa shape index (κ2) is 8.21. The lowest BCUT2D eigenvalue weighted by Gasteiger charge is -2.70. The molecule has 2 N–H and O–H groups in total. The van der Waals surface area contributed by atoms with Crippen molar-refractivity contribution in [1.82, 2.24) is 20.0 Å². The van der Waals surface area contributed by atoms with Crippen molar-refractivity contribution < 1.29 is 24.2 Å². The number of nitrogens with one attached hydrogen (secondary N) is 1. The van der Waals surface area contributed by atoms with Crippen LogP contribution in [0.1, 0.15) is 61.1 Å². The van der Waals surface area contributed by atoms with Gasteiger partial charge in [-0.15, -0.1) is 0 Å². The van der Waals surface area contributed by atoms with E-state index in [2.05, 4.69) is 10.4 Å². The number of aromatic nitrogens is 2. The quantitative estimate of drug-likeness (QED) is 0.631. The maximum atomic E-state index is 13.0. The third-order valence-electron chi connectivity index (χ3n) is 7.87. The topological polar surface area (TPSA) is 106 Å². The largest absolute Gasteiger partial charge is 0.480 e. The zero-order valence-corrected chi connectivity index (χ0v) is 20.3. The Bertz CT molecular complexity index is 1160. The van der Waals surface area contributed by atoms with Gasteiger partial charge in [0.1, 0.15) is 5.75 Å². The van der Waals surface area contributed by atoms with Gasteiger partial charge in [0.2, 0.25) is 0 Å². The molecule has 7 rings (SSSR count). The van der Waals surface area contributed by atoms with Crippen LogP contribution in [-0.4, -0.2) is 69.0 Å². The second-order valence-electron chi connectivity index (χ2n) is 10.4. The van der Waals surface area contributed by atoms with Crippen LogP contribution in [0.2, 0.25) is 5.02 Å². The van der Waals surface area contributed by atoms with Gasteiger partial charge >= 0.3 is 0 Å². The Hall–Kier alpha value is -2.62. The van der Waals surface area contributed by atoms with E-state index >= 15 is 0 Å². The van der Waals surface area contributed by atoms with Gasteiger partial charge < -0.3 is 24.8 Å². The molecule has 2 amide bonds. The van der Waals surface area contributed by atoms with Crippen molar-refractivity contribution in [3.05, 3.63) is 46.7 Å². The lowest BCUT2D eigenvalue weighted by Crippen LogP contribution is -2.79. The third kappa shape index (κ3) is 3.80. The van der Waals surface area contributed by atoms with Crippen molar-refractivity contribution in [3.63, 3.8) is 0 Å². The summed E-state index contributed by atoms with van der Waals surface area (Å²) in [4.78, 5) is 27.7. The second-order valence-corrected chi connectivity index (χ2v) is 10.8. The Morgan fingerprint density at radius 1 is 1.34 bits per heavy atom. The number of aliphatic hydroxyl groups is 1. The summed E-state index contributed by atoms with van der Waals surface area (Å²) in [6.45, 7) is 3.94. The first-order valence-corrected chi connectivity index (χ1v) is 12.6. The van der Waals surface area contributed by atoms with E-state index in [4.69, 9.17) is 21.1 Å². The number of rotatable bonds is 6. The molecule has 4 fully saturated rings. The van der Waals surface area contributed by atoms with Gasteiger partial charge in [-0.3, -0.25) is 14.3 Å². The number of carbonyl (C=O) groups excluding carboxylic acids is 2. The molecule has 3 heterocycles. The summed E-state index contributed by atoms with van der Waals surface area (Å²) in [6.07, 6.45) is 5.38. The van der Waals surface area contributed by atoms with E-state index in [-0.39, 0.29) is 35.4 Å². The van der Waals surface area contributed by atoms with Crippen molar-refractivity contribution >= 4 is 23.4 Å². The van der Waals surface area contributed by atoms with Crippen LogP contribution in [-0.2, 0) is 15.1 Å². The van der Waals surface area contributed by atoms with Gasteiger partial charge in [-0.1, -0.05) is 11.6 Å². The van der Waals surface area contributed by atoms with E-state index in [0.29, 0.717) is 41.6 Å². The molecule has 0 spiro atoms. The molecule has 3 saturated carbocycles. The fourth-order valence-corrected chi connectivity index (χ4v) is 6.37. The number of hydrogen-bond acceptors (Lipinski definition) is 6. The van der Waals surface area contributed by atoms with Gasteiger partial charge in [-0.25, -0.2) is 0 Å². The summed E-state index contributed by atoms with van der Waals surface area (Å²) in [5, 5.41) is 18.6. The summed E-state index contributed by atoms with van der Waals surface area (Å²) >= 11 is 6.01. The molecule has 0 radical (unpaired) electrons. The predicted octanol–water partition coefficient (Wildman–Crippen LogP) is 2.42. The van der Waals surface area contributed by atoms with Crippen LogP contribution in [0.3, 0.4) is 0 Å². The molecule has 5 aliphatic rings. The highest BCUT2D eigenvalue weighted by Crippen LogP contribution is 2.65. The zero-order valence-electron chi connectivity index (χ0n) is 19.6. The average Bonchev–Trinajstić information content (AvgIpc) is 3.45. The number of benzene rings is 1. The Labute approximate surface area is 208 Å².